The van der Waals surface area contributed by atoms with Gasteiger partial charge in [-0.3, -0.25) is 0 Å². The number of rotatable bonds is 5. The van der Waals surface area contributed by atoms with Crippen molar-refractivity contribution in [1.29, 1.82) is 0 Å². The topological polar surface area (TPSA) is 49.4 Å². The van der Waals surface area contributed by atoms with Crippen molar-refractivity contribution in [3.63, 3.8) is 0 Å². The van der Waals surface area contributed by atoms with Crippen molar-refractivity contribution in [2.45, 2.75) is 43.9 Å². The molecule has 1 aromatic heterocycles. The molecule has 0 saturated carbocycles. The quantitative estimate of drug-likeness (QED) is 0.889. The van der Waals surface area contributed by atoms with Crippen molar-refractivity contribution < 1.29 is 8.42 Å². The average Bonchev–Trinajstić information content (AvgIpc) is 2.77. The molecule has 0 radical (unpaired) electrons. The average molecular weight is 349 g/mol. The van der Waals surface area contributed by atoms with E-state index in [-0.39, 0.29) is 4.75 Å². The van der Waals surface area contributed by atoms with E-state index in [2.05, 4.69) is 19.2 Å². The van der Waals surface area contributed by atoms with Gasteiger partial charge in [-0.1, -0.05) is 6.92 Å². The molecule has 0 aliphatic carbocycles. The normalized spacial score (nSPS) is 19.8. The minimum Gasteiger partial charge on any atom is -0.312 e. The van der Waals surface area contributed by atoms with Crippen LogP contribution in [0.15, 0.2) is 11.0 Å². The van der Waals surface area contributed by atoms with Crippen molar-refractivity contribution in [3.8, 4) is 0 Å². The first-order chi connectivity index (χ1) is 9.76. The van der Waals surface area contributed by atoms with Crippen molar-refractivity contribution in [2.24, 2.45) is 0 Å². The Kier molecular flexibility index (Phi) is 5.41. The Morgan fingerprint density at radius 3 is 2.76 bits per heavy atom. The lowest BCUT2D eigenvalue weighted by atomic mass is 10.2. The fourth-order valence-corrected chi connectivity index (χ4v) is 6.92. The van der Waals surface area contributed by atoms with E-state index in [4.69, 9.17) is 0 Å². The second kappa shape index (κ2) is 6.58. The zero-order chi connectivity index (χ0) is 15.7. The van der Waals surface area contributed by atoms with Crippen LogP contribution in [0.4, 0.5) is 0 Å². The summed E-state index contributed by atoms with van der Waals surface area (Å²) in [6.45, 7) is 11.0. The van der Waals surface area contributed by atoms with Gasteiger partial charge in [0.2, 0.25) is 10.0 Å². The van der Waals surface area contributed by atoms with Gasteiger partial charge in [-0.2, -0.15) is 16.1 Å². The van der Waals surface area contributed by atoms with E-state index in [1.54, 1.807) is 15.6 Å². The zero-order valence-corrected chi connectivity index (χ0v) is 15.6. The minimum atomic E-state index is -3.37. The van der Waals surface area contributed by atoms with Crippen LogP contribution in [-0.2, 0) is 16.6 Å². The van der Waals surface area contributed by atoms with Crippen molar-refractivity contribution in [3.05, 3.63) is 15.8 Å². The third-order valence-corrected chi connectivity index (χ3v) is 7.93. The number of thiophene rings is 1. The fourth-order valence-electron chi connectivity index (χ4n) is 2.43. The monoisotopic (exact) mass is 348 g/mol. The van der Waals surface area contributed by atoms with Crippen molar-refractivity contribution in [2.75, 3.05) is 25.4 Å². The molecule has 21 heavy (non-hydrogen) atoms. The number of nitrogens with one attached hydrogen (secondary N) is 1. The Hall–Kier alpha value is -0.0800. The van der Waals surface area contributed by atoms with Crippen molar-refractivity contribution in [1.82, 2.24) is 9.62 Å². The minimum absolute atomic E-state index is 0.0121. The molecule has 0 amide bonds. The third kappa shape index (κ3) is 4.01. The summed E-state index contributed by atoms with van der Waals surface area (Å²) in [5.41, 5.74) is 0. The largest absolute Gasteiger partial charge is 0.312 e. The van der Waals surface area contributed by atoms with E-state index in [0.29, 0.717) is 18.0 Å². The summed E-state index contributed by atoms with van der Waals surface area (Å²) < 4.78 is 27.4. The smallest absolute Gasteiger partial charge is 0.244 e. The molecular weight excluding hydrogens is 324 g/mol. The molecule has 4 nitrogen and oxygen atoms in total. The van der Waals surface area contributed by atoms with Crippen LogP contribution < -0.4 is 5.32 Å². The molecule has 0 aromatic carbocycles. The predicted octanol–water partition coefficient (Wildman–Crippen LogP) is 2.68. The number of hydrogen-bond donors (Lipinski definition) is 1. The van der Waals surface area contributed by atoms with Crippen molar-refractivity contribution >= 4 is 33.1 Å². The predicted molar refractivity (Wildman–Crippen MR) is 91.7 cm³/mol. The highest BCUT2D eigenvalue weighted by atomic mass is 32.2. The number of hydrogen-bond acceptors (Lipinski definition) is 5. The van der Waals surface area contributed by atoms with Crippen LogP contribution in [0, 0.1) is 6.92 Å². The lowest BCUT2D eigenvalue weighted by Gasteiger charge is -2.36. The first-order valence-corrected chi connectivity index (χ1v) is 10.4. The van der Waals surface area contributed by atoms with Crippen LogP contribution >= 0.6 is 23.1 Å². The Bertz CT molecular complexity index is 593. The molecule has 0 unspecified atom stereocenters. The molecule has 2 rings (SSSR count). The summed E-state index contributed by atoms with van der Waals surface area (Å²) in [4.78, 5) is 2.46. The SMILES string of the molecule is CCNCc1cc(S(=O)(=O)N2CCSC(C)(C)C2)c(C)s1. The number of nitrogens with zero attached hydrogens (tertiary/aromatic N) is 1. The lowest BCUT2D eigenvalue weighted by Crippen LogP contribution is -2.46. The van der Waals surface area contributed by atoms with E-state index < -0.39 is 10.0 Å². The van der Waals surface area contributed by atoms with E-state index in [9.17, 15) is 8.42 Å². The molecule has 1 aliphatic rings. The zero-order valence-electron chi connectivity index (χ0n) is 13.1. The Morgan fingerprint density at radius 1 is 1.43 bits per heavy atom. The highest BCUT2D eigenvalue weighted by Gasteiger charge is 2.35. The number of aryl methyl sites for hydroxylation is 1. The molecule has 0 bridgehead atoms. The molecule has 120 valence electrons. The molecule has 1 N–H and O–H groups in total. The molecular formula is C14H24N2O2S3. The van der Waals surface area contributed by atoms with Gasteiger partial charge >= 0.3 is 0 Å². The first-order valence-electron chi connectivity index (χ1n) is 7.20. The Balaban J connectivity index is 2.25. The lowest BCUT2D eigenvalue weighted by molar-refractivity contribution is 0.387. The van der Waals surface area contributed by atoms with Gasteiger partial charge in [-0.05, 0) is 33.4 Å². The summed E-state index contributed by atoms with van der Waals surface area (Å²) in [5.74, 6) is 0.861. The van der Waals surface area contributed by atoms with Gasteiger partial charge in [0.05, 0.1) is 4.90 Å². The molecule has 7 heteroatoms. The van der Waals surface area contributed by atoms with E-state index in [1.165, 1.54) is 0 Å². The fraction of sp³-hybridized carbons (Fsp3) is 0.714. The number of thioether (sulfide) groups is 1. The summed E-state index contributed by atoms with van der Waals surface area (Å²) in [5, 5.41) is 3.25. The van der Waals surface area contributed by atoms with E-state index in [0.717, 1.165) is 28.6 Å². The van der Waals surface area contributed by atoms with Crippen LogP contribution in [0.1, 0.15) is 30.5 Å². The van der Waals surface area contributed by atoms with Crippen LogP contribution in [0.5, 0.6) is 0 Å². The number of sulfonamides is 1. The molecule has 2 heterocycles. The Morgan fingerprint density at radius 2 is 2.14 bits per heavy atom. The van der Waals surface area contributed by atoms with E-state index >= 15 is 0 Å². The van der Waals surface area contributed by atoms with Gasteiger partial charge in [0.25, 0.3) is 0 Å². The molecule has 1 fully saturated rings. The van der Waals surface area contributed by atoms with Gasteiger partial charge in [-0.25, -0.2) is 8.42 Å². The maximum absolute atomic E-state index is 12.9. The first kappa shape index (κ1) is 17.3. The second-order valence-corrected chi connectivity index (χ2v) is 10.9. The van der Waals surface area contributed by atoms with Gasteiger partial charge in [0.15, 0.2) is 0 Å². The van der Waals surface area contributed by atoms with Gasteiger partial charge in [0, 0.05) is 39.9 Å². The van der Waals surface area contributed by atoms with Crippen LogP contribution in [0.3, 0.4) is 0 Å². The van der Waals surface area contributed by atoms with Crippen LogP contribution in [0.2, 0.25) is 0 Å². The summed E-state index contributed by atoms with van der Waals surface area (Å²) in [7, 11) is -3.37. The third-order valence-electron chi connectivity index (χ3n) is 3.48. The van der Waals surface area contributed by atoms with Gasteiger partial charge in [0.1, 0.15) is 0 Å². The molecule has 1 aliphatic heterocycles. The molecule has 1 saturated heterocycles. The van der Waals surface area contributed by atoms with Gasteiger partial charge in [-0.15, -0.1) is 11.3 Å². The highest BCUT2D eigenvalue weighted by Crippen LogP contribution is 2.34. The standard InChI is InChI=1S/C14H24N2O2S3/c1-5-15-9-12-8-13(11(2)20-12)21(17,18)16-6-7-19-14(3,4)10-16/h8,15H,5-7,9-10H2,1-4H3. The maximum atomic E-state index is 12.9. The molecule has 0 atom stereocenters. The second-order valence-electron chi connectivity index (χ2n) is 5.86. The summed E-state index contributed by atoms with van der Waals surface area (Å²) >= 11 is 3.41. The Labute approximate surface area is 136 Å². The van der Waals surface area contributed by atoms with E-state index in [1.807, 2.05) is 31.7 Å². The van der Waals surface area contributed by atoms with Crippen LogP contribution in [-0.4, -0.2) is 42.9 Å². The maximum Gasteiger partial charge on any atom is 0.244 e. The highest BCUT2D eigenvalue weighted by molar-refractivity contribution is 8.00. The van der Waals surface area contributed by atoms with Gasteiger partial charge < -0.3 is 5.32 Å². The summed E-state index contributed by atoms with van der Waals surface area (Å²) in [6.07, 6.45) is 0. The summed E-state index contributed by atoms with van der Waals surface area (Å²) in [6, 6.07) is 1.84. The van der Waals surface area contributed by atoms with Crippen LogP contribution in [0.25, 0.3) is 0 Å². The molecule has 1 aromatic rings. The molecule has 0 spiro atoms.